The smallest absolute Gasteiger partial charge is 0.264 e. The third kappa shape index (κ3) is 6.83. The number of benzene rings is 3. The molecule has 10 heteroatoms. The van der Waals surface area contributed by atoms with Crippen molar-refractivity contribution >= 4 is 27.5 Å². The van der Waals surface area contributed by atoms with Gasteiger partial charge in [0, 0.05) is 13.6 Å². The summed E-state index contributed by atoms with van der Waals surface area (Å²) in [6, 6.07) is 20.7. The van der Waals surface area contributed by atoms with E-state index in [-0.39, 0.29) is 17.3 Å². The molecule has 0 aliphatic heterocycles. The van der Waals surface area contributed by atoms with Crippen LogP contribution in [0.15, 0.2) is 83.8 Å². The van der Waals surface area contributed by atoms with Crippen LogP contribution in [0.5, 0.6) is 11.5 Å². The number of hydrogen-bond acceptors (Lipinski definition) is 6. The third-order valence-electron chi connectivity index (χ3n) is 5.95. The standard InChI is InChI=1S/C28H33N3O6S/c1-5-37-24-16-14-23(15-17-24)31(38(34,35)26-12-7-6-8-13-26)20-27(32)30(21(2)28(33)29-3)19-22-10-9-11-25(18-22)36-4/h6-18,21H,5,19-20H2,1-4H3,(H,29,33). The van der Waals surface area contributed by atoms with Gasteiger partial charge in [0.1, 0.15) is 24.1 Å². The van der Waals surface area contributed by atoms with E-state index in [1.54, 1.807) is 74.7 Å². The molecule has 0 aliphatic rings. The fourth-order valence-electron chi connectivity index (χ4n) is 3.88. The second kappa shape index (κ2) is 13.0. The summed E-state index contributed by atoms with van der Waals surface area (Å²) in [7, 11) is -1.09. The van der Waals surface area contributed by atoms with Gasteiger partial charge in [-0.05, 0) is 67.9 Å². The second-order valence-corrected chi connectivity index (χ2v) is 10.3. The zero-order chi connectivity index (χ0) is 27.7. The fourth-order valence-corrected chi connectivity index (χ4v) is 5.32. The lowest BCUT2D eigenvalue weighted by Crippen LogP contribution is -2.50. The van der Waals surface area contributed by atoms with E-state index in [1.807, 2.05) is 13.0 Å². The topological polar surface area (TPSA) is 105 Å². The number of carbonyl (C=O) groups excluding carboxylic acids is 2. The molecule has 0 saturated heterocycles. The van der Waals surface area contributed by atoms with Crippen molar-refractivity contribution in [3.63, 3.8) is 0 Å². The molecular formula is C28H33N3O6S. The van der Waals surface area contributed by atoms with Crippen molar-refractivity contribution in [1.82, 2.24) is 10.2 Å². The molecule has 0 radical (unpaired) electrons. The van der Waals surface area contributed by atoms with Gasteiger partial charge in [-0.2, -0.15) is 0 Å². The molecule has 1 unspecified atom stereocenters. The highest BCUT2D eigenvalue weighted by molar-refractivity contribution is 7.92. The summed E-state index contributed by atoms with van der Waals surface area (Å²) in [6.45, 7) is 3.47. The number of nitrogens with zero attached hydrogens (tertiary/aromatic N) is 2. The molecular weight excluding hydrogens is 506 g/mol. The minimum absolute atomic E-state index is 0.0420. The minimum Gasteiger partial charge on any atom is -0.497 e. The van der Waals surface area contributed by atoms with Crippen molar-refractivity contribution in [2.45, 2.75) is 31.3 Å². The van der Waals surface area contributed by atoms with Crippen LogP contribution in [-0.2, 0) is 26.2 Å². The van der Waals surface area contributed by atoms with E-state index in [0.717, 1.165) is 9.87 Å². The number of hydrogen-bond donors (Lipinski definition) is 1. The van der Waals surface area contributed by atoms with Crippen LogP contribution < -0.4 is 19.1 Å². The number of sulfonamides is 1. The fraction of sp³-hybridized carbons (Fsp3) is 0.286. The number of anilines is 1. The lowest BCUT2D eigenvalue weighted by molar-refractivity contribution is -0.139. The first-order chi connectivity index (χ1) is 18.2. The molecule has 0 fully saturated rings. The molecule has 3 rings (SSSR count). The van der Waals surface area contributed by atoms with Gasteiger partial charge >= 0.3 is 0 Å². The maximum Gasteiger partial charge on any atom is 0.264 e. The Morgan fingerprint density at radius 3 is 2.24 bits per heavy atom. The zero-order valence-electron chi connectivity index (χ0n) is 22.0. The lowest BCUT2D eigenvalue weighted by Gasteiger charge is -2.31. The molecule has 38 heavy (non-hydrogen) atoms. The van der Waals surface area contributed by atoms with Crippen LogP contribution in [-0.4, -0.2) is 58.5 Å². The first kappa shape index (κ1) is 28.5. The van der Waals surface area contributed by atoms with Gasteiger partial charge in [-0.25, -0.2) is 8.42 Å². The third-order valence-corrected chi connectivity index (χ3v) is 7.73. The van der Waals surface area contributed by atoms with Crippen molar-refractivity contribution in [2.24, 2.45) is 0 Å². The Balaban J connectivity index is 2.02. The van der Waals surface area contributed by atoms with E-state index in [9.17, 15) is 18.0 Å². The van der Waals surface area contributed by atoms with Gasteiger partial charge in [-0.3, -0.25) is 13.9 Å². The lowest BCUT2D eigenvalue weighted by atomic mass is 10.1. The van der Waals surface area contributed by atoms with E-state index in [4.69, 9.17) is 9.47 Å². The summed E-state index contributed by atoms with van der Waals surface area (Å²) >= 11 is 0. The van der Waals surface area contributed by atoms with E-state index in [0.29, 0.717) is 23.8 Å². The van der Waals surface area contributed by atoms with E-state index in [1.165, 1.54) is 24.1 Å². The summed E-state index contributed by atoms with van der Waals surface area (Å²) in [5.74, 6) is 0.259. The maximum absolute atomic E-state index is 13.8. The SMILES string of the molecule is CCOc1ccc(N(CC(=O)N(Cc2cccc(OC)c2)C(C)C(=O)NC)S(=O)(=O)c2ccccc2)cc1. The summed E-state index contributed by atoms with van der Waals surface area (Å²) in [6.07, 6.45) is 0. The highest BCUT2D eigenvalue weighted by Crippen LogP contribution is 2.27. The molecule has 1 atom stereocenters. The predicted molar refractivity (Wildman–Crippen MR) is 146 cm³/mol. The monoisotopic (exact) mass is 539 g/mol. The quantitative estimate of drug-likeness (QED) is 0.378. The van der Waals surface area contributed by atoms with Crippen LogP contribution in [0.1, 0.15) is 19.4 Å². The Morgan fingerprint density at radius 2 is 1.63 bits per heavy atom. The molecule has 2 amide bonds. The number of rotatable bonds is 12. The van der Waals surface area contributed by atoms with Crippen molar-refractivity contribution in [3.8, 4) is 11.5 Å². The average Bonchev–Trinajstić information content (AvgIpc) is 2.94. The van der Waals surface area contributed by atoms with Crippen LogP contribution in [0, 0.1) is 0 Å². The van der Waals surface area contributed by atoms with Gasteiger partial charge in [0.15, 0.2) is 0 Å². The minimum atomic E-state index is -4.12. The molecule has 3 aromatic carbocycles. The van der Waals surface area contributed by atoms with Gasteiger partial charge in [0.2, 0.25) is 11.8 Å². The Morgan fingerprint density at radius 1 is 0.947 bits per heavy atom. The normalized spacial score (nSPS) is 11.8. The number of methoxy groups -OCH3 is 1. The van der Waals surface area contributed by atoms with Crippen LogP contribution in [0.4, 0.5) is 5.69 Å². The molecule has 0 bridgehead atoms. The highest BCUT2D eigenvalue weighted by Gasteiger charge is 2.32. The highest BCUT2D eigenvalue weighted by atomic mass is 32.2. The molecule has 0 spiro atoms. The summed E-state index contributed by atoms with van der Waals surface area (Å²) in [4.78, 5) is 27.7. The van der Waals surface area contributed by atoms with Gasteiger partial charge in [-0.15, -0.1) is 0 Å². The number of likely N-dealkylation sites (N-methyl/N-ethyl adjacent to an activating group) is 1. The van der Waals surface area contributed by atoms with Gasteiger partial charge in [-0.1, -0.05) is 30.3 Å². The first-order valence-corrected chi connectivity index (χ1v) is 13.6. The summed E-state index contributed by atoms with van der Waals surface area (Å²) in [5, 5.41) is 2.56. The summed E-state index contributed by atoms with van der Waals surface area (Å²) in [5.41, 5.74) is 1.02. The van der Waals surface area contributed by atoms with Crippen LogP contribution in [0.25, 0.3) is 0 Å². The number of ether oxygens (including phenoxy) is 2. The van der Waals surface area contributed by atoms with Crippen molar-refractivity contribution in [1.29, 1.82) is 0 Å². The first-order valence-electron chi connectivity index (χ1n) is 12.2. The largest absolute Gasteiger partial charge is 0.497 e. The van der Waals surface area contributed by atoms with Crippen LogP contribution in [0.3, 0.4) is 0 Å². The summed E-state index contributed by atoms with van der Waals surface area (Å²) < 4.78 is 39.3. The maximum atomic E-state index is 13.8. The van der Waals surface area contributed by atoms with Crippen molar-refractivity contribution in [2.75, 3.05) is 31.6 Å². The average molecular weight is 540 g/mol. The Kier molecular flexibility index (Phi) is 9.72. The Labute approximate surface area is 224 Å². The van der Waals surface area contributed by atoms with Crippen LogP contribution >= 0.6 is 0 Å². The molecule has 9 nitrogen and oxygen atoms in total. The number of carbonyl (C=O) groups is 2. The molecule has 3 aromatic rings. The van der Waals surface area contributed by atoms with E-state index >= 15 is 0 Å². The molecule has 202 valence electrons. The molecule has 0 aromatic heterocycles. The number of amides is 2. The molecule has 0 heterocycles. The van der Waals surface area contributed by atoms with Crippen molar-refractivity contribution in [3.05, 3.63) is 84.4 Å². The molecule has 0 saturated carbocycles. The van der Waals surface area contributed by atoms with Crippen molar-refractivity contribution < 1.29 is 27.5 Å². The Bertz CT molecular complexity index is 1330. The number of nitrogens with one attached hydrogen (secondary N) is 1. The van der Waals surface area contributed by atoms with E-state index < -0.39 is 28.5 Å². The zero-order valence-corrected chi connectivity index (χ0v) is 22.8. The predicted octanol–water partition coefficient (Wildman–Crippen LogP) is 3.45. The van der Waals surface area contributed by atoms with Crippen LogP contribution in [0.2, 0.25) is 0 Å². The second-order valence-electron chi connectivity index (χ2n) is 8.42. The van der Waals surface area contributed by atoms with Gasteiger partial charge < -0.3 is 19.7 Å². The molecule has 1 N–H and O–H groups in total. The molecule has 0 aliphatic carbocycles. The van der Waals surface area contributed by atoms with Gasteiger partial charge in [0.25, 0.3) is 10.0 Å². The van der Waals surface area contributed by atoms with Gasteiger partial charge in [0.05, 0.1) is 24.3 Å². The van der Waals surface area contributed by atoms with E-state index in [2.05, 4.69) is 5.32 Å². The Hall–Kier alpha value is -4.05.